The molecule has 3 N–H and O–H groups in total. The Labute approximate surface area is 152 Å². The zero-order chi connectivity index (χ0) is 19.2. The molecule has 0 spiro atoms. The van der Waals surface area contributed by atoms with Crippen molar-refractivity contribution in [3.63, 3.8) is 0 Å². The predicted molar refractivity (Wildman–Crippen MR) is 97.1 cm³/mol. The van der Waals surface area contributed by atoms with Crippen LogP contribution in [0.5, 0.6) is 0 Å². The van der Waals surface area contributed by atoms with E-state index >= 15 is 0 Å². The third kappa shape index (κ3) is 7.13. The van der Waals surface area contributed by atoms with Gasteiger partial charge in [0.05, 0.1) is 0 Å². The summed E-state index contributed by atoms with van der Waals surface area (Å²) in [6.45, 7) is 7.64. The zero-order valence-corrected chi connectivity index (χ0v) is 16.5. The molecule has 0 aliphatic carbocycles. The fraction of sp³-hybridized carbons (Fsp3) is 0.625. The Morgan fingerprint density at radius 2 is 1.84 bits per heavy atom. The molecule has 0 aliphatic rings. The molecule has 0 aromatic carbocycles. The minimum Gasteiger partial charge on any atom is -0.480 e. The normalized spacial score (nSPS) is 13.2. The second-order valence-electron chi connectivity index (χ2n) is 6.60. The smallest absolute Gasteiger partial charge is 0.322 e. The van der Waals surface area contributed by atoms with Crippen LogP contribution in [0.1, 0.15) is 39.0 Å². The summed E-state index contributed by atoms with van der Waals surface area (Å²) in [5, 5.41) is 11.9. The van der Waals surface area contributed by atoms with Crippen molar-refractivity contribution >= 4 is 33.2 Å². The summed E-state index contributed by atoms with van der Waals surface area (Å²) in [5.41, 5.74) is 0. The molecule has 1 rings (SSSR count). The van der Waals surface area contributed by atoms with Crippen molar-refractivity contribution in [2.45, 2.75) is 50.8 Å². The van der Waals surface area contributed by atoms with Gasteiger partial charge in [0.25, 0.3) is 10.0 Å². The summed E-state index contributed by atoms with van der Waals surface area (Å²) in [6.07, 6.45) is 0.982. The van der Waals surface area contributed by atoms with E-state index in [1.165, 1.54) is 6.07 Å². The molecule has 0 aliphatic heterocycles. The van der Waals surface area contributed by atoms with Crippen molar-refractivity contribution < 1.29 is 23.1 Å². The SMILES string of the molecule is CC(C)CC(=O)NCCc1ccc(S(=O)(=O)N[C@@H](C(=O)O)C(C)C)s1. The maximum atomic E-state index is 12.3. The van der Waals surface area contributed by atoms with Gasteiger partial charge in [-0.05, 0) is 30.4 Å². The highest BCUT2D eigenvalue weighted by Gasteiger charge is 2.28. The molecule has 1 amide bonds. The highest BCUT2D eigenvalue weighted by molar-refractivity contribution is 7.91. The monoisotopic (exact) mass is 390 g/mol. The molecule has 25 heavy (non-hydrogen) atoms. The van der Waals surface area contributed by atoms with E-state index in [2.05, 4.69) is 10.0 Å². The summed E-state index contributed by atoms with van der Waals surface area (Å²) in [7, 11) is -3.89. The lowest BCUT2D eigenvalue weighted by Crippen LogP contribution is -2.43. The molecule has 1 aromatic heterocycles. The predicted octanol–water partition coefficient (Wildman–Crippen LogP) is 1.84. The van der Waals surface area contributed by atoms with E-state index in [9.17, 15) is 18.0 Å². The van der Waals surface area contributed by atoms with Gasteiger partial charge in [-0.25, -0.2) is 8.42 Å². The number of amides is 1. The van der Waals surface area contributed by atoms with E-state index in [1.807, 2.05) is 13.8 Å². The van der Waals surface area contributed by atoms with Crippen LogP contribution in [-0.4, -0.2) is 38.0 Å². The maximum Gasteiger partial charge on any atom is 0.322 e. The minimum absolute atomic E-state index is 0.0256. The minimum atomic E-state index is -3.89. The Hall–Kier alpha value is -1.45. The van der Waals surface area contributed by atoms with Gasteiger partial charge in [-0.1, -0.05) is 27.7 Å². The van der Waals surface area contributed by atoms with Crippen molar-refractivity contribution in [2.24, 2.45) is 11.8 Å². The van der Waals surface area contributed by atoms with Crippen LogP contribution in [-0.2, 0) is 26.0 Å². The quantitative estimate of drug-likeness (QED) is 0.564. The molecular formula is C16H26N2O5S2. The number of carboxylic acid groups (broad SMARTS) is 1. The van der Waals surface area contributed by atoms with Crippen LogP contribution in [0, 0.1) is 11.8 Å². The zero-order valence-electron chi connectivity index (χ0n) is 14.9. The van der Waals surface area contributed by atoms with Crippen LogP contribution in [0.15, 0.2) is 16.3 Å². The maximum absolute atomic E-state index is 12.3. The average molecular weight is 391 g/mol. The first kappa shape index (κ1) is 21.6. The fourth-order valence-electron chi connectivity index (χ4n) is 2.10. The fourth-order valence-corrected chi connectivity index (χ4v) is 4.81. The third-order valence-electron chi connectivity index (χ3n) is 3.40. The van der Waals surface area contributed by atoms with Gasteiger partial charge in [-0.15, -0.1) is 11.3 Å². The van der Waals surface area contributed by atoms with Crippen LogP contribution in [0.3, 0.4) is 0 Å². The Morgan fingerprint density at radius 3 is 2.36 bits per heavy atom. The second-order valence-corrected chi connectivity index (χ2v) is 9.71. The second kappa shape index (κ2) is 9.30. The van der Waals surface area contributed by atoms with Gasteiger partial charge >= 0.3 is 5.97 Å². The number of carbonyl (C=O) groups is 2. The number of rotatable bonds is 10. The van der Waals surface area contributed by atoms with Gasteiger partial charge in [-0.3, -0.25) is 9.59 Å². The first-order chi connectivity index (χ1) is 11.5. The topological polar surface area (TPSA) is 113 Å². The average Bonchev–Trinajstić information content (AvgIpc) is 2.93. The molecular weight excluding hydrogens is 364 g/mol. The van der Waals surface area contributed by atoms with Crippen LogP contribution >= 0.6 is 11.3 Å². The Morgan fingerprint density at radius 1 is 1.20 bits per heavy atom. The van der Waals surface area contributed by atoms with E-state index in [-0.39, 0.29) is 22.0 Å². The van der Waals surface area contributed by atoms with Crippen molar-refractivity contribution in [3.05, 3.63) is 17.0 Å². The number of sulfonamides is 1. The number of hydrogen-bond donors (Lipinski definition) is 3. The van der Waals surface area contributed by atoms with Crippen molar-refractivity contribution in [2.75, 3.05) is 6.54 Å². The van der Waals surface area contributed by atoms with Gasteiger partial charge < -0.3 is 10.4 Å². The van der Waals surface area contributed by atoms with E-state index < -0.39 is 22.0 Å². The molecule has 1 aromatic rings. The molecule has 7 nitrogen and oxygen atoms in total. The lowest BCUT2D eigenvalue weighted by atomic mass is 10.1. The number of carboxylic acids is 1. The standard InChI is InChI=1S/C16H26N2O5S2/c1-10(2)9-13(19)17-8-7-12-5-6-14(24-12)25(22,23)18-15(11(3)4)16(20)21/h5-6,10-11,15,18H,7-9H2,1-4H3,(H,17,19)(H,20,21)/t15-/m1/s1. The van der Waals surface area contributed by atoms with Gasteiger partial charge in [0.1, 0.15) is 10.3 Å². The van der Waals surface area contributed by atoms with Gasteiger partial charge in [-0.2, -0.15) is 4.72 Å². The van der Waals surface area contributed by atoms with Gasteiger partial charge in [0.2, 0.25) is 5.91 Å². The molecule has 142 valence electrons. The summed E-state index contributed by atoms with van der Waals surface area (Å²) < 4.78 is 27.0. The summed E-state index contributed by atoms with van der Waals surface area (Å²) in [5.74, 6) is -1.32. The van der Waals surface area contributed by atoms with E-state index in [1.54, 1.807) is 19.9 Å². The highest BCUT2D eigenvalue weighted by Crippen LogP contribution is 2.22. The van der Waals surface area contributed by atoms with Gasteiger partial charge in [0.15, 0.2) is 0 Å². The van der Waals surface area contributed by atoms with Crippen molar-refractivity contribution in [1.29, 1.82) is 0 Å². The van der Waals surface area contributed by atoms with Crippen LogP contribution in [0.25, 0.3) is 0 Å². The van der Waals surface area contributed by atoms with Crippen LogP contribution in [0.2, 0.25) is 0 Å². The lowest BCUT2D eigenvalue weighted by molar-refractivity contribution is -0.140. The molecule has 0 saturated heterocycles. The molecule has 0 bridgehead atoms. The van der Waals surface area contributed by atoms with Crippen molar-refractivity contribution in [1.82, 2.24) is 10.0 Å². The number of hydrogen-bond acceptors (Lipinski definition) is 5. The summed E-state index contributed by atoms with van der Waals surface area (Å²) in [4.78, 5) is 23.6. The highest BCUT2D eigenvalue weighted by atomic mass is 32.2. The summed E-state index contributed by atoms with van der Waals surface area (Å²) in [6, 6.07) is 1.96. The summed E-state index contributed by atoms with van der Waals surface area (Å²) >= 11 is 1.08. The molecule has 0 fully saturated rings. The first-order valence-electron chi connectivity index (χ1n) is 8.13. The lowest BCUT2D eigenvalue weighted by Gasteiger charge is -2.17. The van der Waals surface area contributed by atoms with E-state index in [0.717, 1.165) is 16.2 Å². The Balaban J connectivity index is 2.67. The number of nitrogens with one attached hydrogen (secondary N) is 2. The third-order valence-corrected chi connectivity index (χ3v) is 6.48. The van der Waals surface area contributed by atoms with E-state index in [4.69, 9.17) is 5.11 Å². The molecule has 0 saturated carbocycles. The molecule has 0 radical (unpaired) electrons. The number of carbonyl (C=O) groups excluding carboxylic acids is 1. The molecule has 1 heterocycles. The van der Waals surface area contributed by atoms with Crippen LogP contribution in [0.4, 0.5) is 0 Å². The Bertz CT molecular complexity index is 695. The molecule has 9 heteroatoms. The number of aliphatic carboxylic acids is 1. The molecule has 0 unspecified atom stereocenters. The number of thiophene rings is 1. The largest absolute Gasteiger partial charge is 0.480 e. The first-order valence-corrected chi connectivity index (χ1v) is 10.4. The molecule has 1 atom stereocenters. The van der Waals surface area contributed by atoms with Gasteiger partial charge in [0, 0.05) is 17.8 Å². The Kier molecular flexibility index (Phi) is 8.04. The van der Waals surface area contributed by atoms with Crippen LogP contribution < -0.4 is 10.0 Å². The van der Waals surface area contributed by atoms with Crippen molar-refractivity contribution in [3.8, 4) is 0 Å². The van der Waals surface area contributed by atoms with E-state index in [0.29, 0.717) is 19.4 Å².